The Bertz CT molecular complexity index is 1840. The van der Waals surface area contributed by atoms with Crippen molar-refractivity contribution in [1.82, 2.24) is 37.2 Å². The summed E-state index contributed by atoms with van der Waals surface area (Å²) in [4.78, 5) is 111. The quantitative estimate of drug-likeness (QED) is 0.0189. The fraction of sp³-hybridized carbons (Fsp3) is 0.651. The van der Waals surface area contributed by atoms with Crippen LogP contribution in [0.3, 0.4) is 0 Å². The number of carboxylic acids is 1. The molecule has 1 aromatic carbocycles. The van der Waals surface area contributed by atoms with Gasteiger partial charge in [-0.3, -0.25) is 38.6 Å². The van der Waals surface area contributed by atoms with Gasteiger partial charge in [0, 0.05) is 13.0 Å². The zero-order valence-electron chi connectivity index (χ0n) is 39.6. The molecule has 384 valence electrons. The van der Waals surface area contributed by atoms with Crippen LogP contribution in [0.2, 0.25) is 0 Å². The summed E-state index contributed by atoms with van der Waals surface area (Å²) >= 11 is 0. The number of carboxylic acid groups (broad SMARTS) is 1. The van der Waals surface area contributed by atoms with Crippen molar-refractivity contribution >= 4 is 53.3 Å². The largest absolute Gasteiger partial charge is 0.508 e. The average molecular weight is 967 g/mol. The summed E-state index contributed by atoms with van der Waals surface area (Å²) in [6.45, 7) is 8.48. The first kappa shape index (κ1) is 59.9. The van der Waals surface area contributed by atoms with E-state index in [-0.39, 0.29) is 69.2 Å². The number of nitrogens with zero attached hydrogens (tertiary/aromatic N) is 1. The van der Waals surface area contributed by atoms with Crippen molar-refractivity contribution in [2.45, 2.75) is 147 Å². The number of carbonyl (C=O) groups is 8. The molecule has 0 unspecified atom stereocenters. The second-order valence-electron chi connectivity index (χ2n) is 17.3. The van der Waals surface area contributed by atoms with Crippen LogP contribution in [0, 0.1) is 11.8 Å². The number of aromatic hydroxyl groups is 1. The van der Waals surface area contributed by atoms with E-state index in [4.69, 9.17) is 22.9 Å². The van der Waals surface area contributed by atoms with Crippen LogP contribution in [0.5, 0.6) is 5.75 Å². The fourth-order valence-corrected chi connectivity index (χ4v) is 6.50. The highest BCUT2D eigenvalue weighted by Gasteiger charge is 2.36. The summed E-state index contributed by atoms with van der Waals surface area (Å²) in [5.41, 5.74) is 22.5. The molecular weight excluding hydrogens is 893 g/mol. The maximum atomic E-state index is 14.0. The van der Waals surface area contributed by atoms with E-state index in [0.717, 1.165) is 6.92 Å². The van der Waals surface area contributed by atoms with Gasteiger partial charge in [0.2, 0.25) is 41.4 Å². The van der Waals surface area contributed by atoms with Crippen molar-refractivity contribution < 1.29 is 63.9 Å². The maximum Gasteiger partial charge on any atom is 0.326 e. The number of aliphatic hydroxyl groups is 3. The van der Waals surface area contributed by atoms with Gasteiger partial charge in [0.25, 0.3) is 0 Å². The van der Waals surface area contributed by atoms with E-state index in [1.807, 2.05) is 0 Å². The summed E-state index contributed by atoms with van der Waals surface area (Å²) < 4.78 is 0. The van der Waals surface area contributed by atoms with Crippen LogP contribution in [0.4, 0.5) is 0 Å². The normalized spacial score (nSPS) is 15.7. The van der Waals surface area contributed by atoms with Crippen molar-refractivity contribution in [1.29, 1.82) is 0 Å². The Balaban J connectivity index is 3.36. The van der Waals surface area contributed by atoms with Gasteiger partial charge in [0.05, 0.1) is 18.8 Å². The lowest BCUT2D eigenvalue weighted by Gasteiger charge is -2.29. The van der Waals surface area contributed by atoms with Crippen LogP contribution in [-0.2, 0) is 44.8 Å². The molecule has 0 fully saturated rings. The molecule has 1 aromatic rings. The Morgan fingerprint density at radius 3 is 1.60 bits per heavy atom. The number of guanidine groups is 1. The summed E-state index contributed by atoms with van der Waals surface area (Å²) in [5.74, 6) is -8.92. The first-order chi connectivity index (χ1) is 31.8. The monoisotopic (exact) mass is 967 g/mol. The number of phenols is 1. The molecule has 0 aliphatic heterocycles. The lowest BCUT2D eigenvalue weighted by molar-refractivity contribution is -0.142. The number of aliphatic carboxylic acids is 1. The SMILES string of the molecule is CC(C)C[C@H](NC(=O)[C@@H](NC(=O)[C@@H](N)[C@@H](C)O)C(C)C)C(=O)N[C@H](C(=O)N[C@@H](CO)C(=O)N[C@@H](CCCCN)C(=O)N[C@@H](Cc1ccc(O)cc1)C(=O)N[C@@H](CCCN=C(N)N)C(=O)O)[C@@H](C)O. The van der Waals surface area contributed by atoms with E-state index >= 15 is 0 Å². The fourth-order valence-electron chi connectivity index (χ4n) is 6.50. The van der Waals surface area contributed by atoms with E-state index in [9.17, 15) is 63.9 Å². The molecule has 68 heavy (non-hydrogen) atoms. The standard InChI is InChI=1S/C43H74N12O13/c1-21(2)18-29(52-40(65)33(22(3)4)54-39(64)32(45)23(5)57)37(62)55-34(24(6)58)41(66)53-31(20-56)38(63)49-27(10-7-8-16-44)35(60)51-30(19-25-12-14-26(59)15-13-25)36(61)50-28(42(67)68)11-9-17-48-43(46)47/h12-15,21-24,27-34,56-59H,7-11,16-20,44-45H2,1-6H3,(H,49,63)(H,50,61)(H,51,60)(H,52,65)(H,53,66)(H,54,64)(H,55,62)(H,67,68)(H4,46,47,48)/t23-,24-,27+,28+,29+,30+,31+,32+,33+,34+/m1/s1. The zero-order chi connectivity index (χ0) is 51.8. The van der Waals surface area contributed by atoms with Gasteiger partial charge in [0.1, 0.15) is 54.1 Å². The van der Waals surface area contributed by atoms with E-state index in [1.54, 1.807) is 27.7 Å². The summed E-state index contributed by atoms with van der Waals surface area (Å²) in [6, 6.07) is -6.01. The molecule has 0 aliphatic rings. The van der Waals surface area contributed by atoms with E-state index in [0.29, 0.717) is 12.0 Å². The first-order valence-electron chi connectivity index (χ1n) is 22.4. The van der Waals surface area contributed by atoms with Crippen LogP contribution in [0.1, 0.15) is 85.6 Å². The third kappa shape index (κ3) is 21.6. The molecule has 0 bridgehead atoms. The van der Waals surface area contributed by atoms with Gasteiger partial charge in [-0.2, -0.15) is 0 Å². The van der Waals surface area contributed by atoms with Gasteiger partial charge in [-0.1, -0.05) is 39.8 Å². The van der Waals surface area contributed by atoms with E-state index in [2.05, 4.69) is 42.2 Å². The number of phenolic OH excluding ortho intramolecular Hbond substituents is 1. The number of hydrogen-bond acceptors (Lipinski definition) is 15. The van der Waals surface area contributed by atoms with Gasteiger partial charge in [-0.05, 0) is 88.4 Å². The molecule has 10 atom stereocenters. The Kier molecular flexibility index (Phi) is 26.7. The Morgan fingerprint density at radius 2 is 1.09 bits per heavy atom. The highest BCUT2D eigenvalue weighted by molar-refractivity contribution is 5.98. The van der Waals surface area contributed by atoms with Crippen LogP contribution >= 0.6 is 0 Å². The number of hydrogen-bond donors (Lipinski definition) is 16. The molecule has 7 amide bonds. The first-order valence-corrected chi connectivity index (χ1v) is 22.4. The lowest BCUT2D eigenvalue weighted by atomic mass is 9.99. The van der Waals surface area contributed by atoms with Crippen molar-refractivity contribution in [3.05, 3.63) is 29.8 Å². The van der Waals surface area contributed by atoms with Gasteiger partial charge >= 0.3 is 5.97 Å². The number of nitrogens with two attached hydrogens (primary N) is 4. The van der Waals surface area contributed by atoms with Gasteiger partial charge in [-0.25, -0.2) is 4.79 Å². The second-order valence-corrected chi connectivity index (χ2v) is 17.3. The van der Waals surface area contributed by atoms with Crippen molar-refractivity contribution in [2.75, 3.05) is 19.7 Å². The summed E-state index contributed by atoms with van der Waals surface area (Å²) in [6.07, 6.45) is -2.28. The minimum atomic E-state index is -1.77. The highest BCUT2D eigenvalue weighted by atomic mass is 16.4. The van der Waals surface area contributed by atoms with Crippen LogP contribution < -0.4 is 60.2 Å². The number of nitrogens with one attached hydrogen (secondary N) is 7. The van der Waals surface area contributed by atoms with Gasteiger partial charge in [0.15, 0.2) is 5.96 Å². The van der Waals surface area contributed by atoms with E-state index < -0.39 is 120 Å². The number of rotatable bonds is 31. The minimum Gasteiger partial charge on any atom is -0.508 e. The molecule has 0 aliphatic carbocycles. The average Bonchev–Trinajstić information content (AvgIpc) is 3.25. The molecule has 0 saturated heterocycles. The second kappa shape index (κ2) is 30.3. The summed E-state index contributed by atoms with van der Waals surface area (Å²) in [7, 11) is 0. The molecular formula is C43H74N12O13. The molecule has 0 heterocycles. The van der Waals surface area contributed by atoms with Crippen molar-refractivity contribution in [2.24, 2.45) is 39.8 Å². The molecule has 0 aromatic heterocycles. The van der Waals surface area contributed by atoms with Crippen molar-refractivity contribution in [3.8, 4) is 5.75 Å². The molecule has 0 saturated carbocycles. The van der Waals surface area contributed by atoms with Gasteiger partial charge in [-0.15, -0.1) is 0 Å². The number of amides is 7. The predicted molar refractivity (Wildman–Crippen MR) is 248 cm³/mol. The molecule has 0 spiro atoms. The molecule has 25 heteroatoms. The summed E-state index contributed by atoms with van der Waals surface area (Å²) in [5, 5.41) is 67.4. The highest BCUT2D eigenvalue weighted by Crippen LogP contribution is 2.14. The third-order valence-electron chi connectivity index (χ3n) is 10.4. The zero-order valence-corrected chi connectivity index (χ0v) is 39.6. The molecule has 1 rings (SSSR count). The molecule has 20 N–H and O–H groups in total. The van der Waals surface area contributed by atoms with E-state index in [1.165, 1.54) is 31.2 Å². The number of carbonyl (C=O) groups excluding carboxylic acids is 7. The maximum absolute atomic E-state index is 14.0. The number of benzene rings is 1. The Labute approximate surface area is 395 Å². The van der Waals surface area contributed by atoms with Crippen LogP contribution in [-0.4, -0.2) is 159 Å². The van der Waals surface area contributed by atoms with Crippen LogP contribution in [0.15, 0.2) is 29.3 Å². The predicted octanol–water partition coefficient (Wildman–Crippen LogP) is -4.62. The molecule has 25 nitrogen and oxygen atoms in total. The van der Waals surface area contributed by atoms with Crippen LogP contribution in [0.25, 0.3) is 0 Å². The smallest absolute Gasteiger partial charge is 0.326 e. The van der Waals surface area contributed by atoms with Gasteiger partial charge < -0.3 is 85.7 Å². The number of aliphatic hydroxyl groups excluding tert-OH is 3. The Hall–Kier alpha value is -6.15. The Morgan fingerprint density at radius 1 is 0.603 bits per heavy atom. The number of unbranched alkanes of at least 4 members (excludes halogenated alkanes) is 1. The molecule has 0 radical (unpaired) electrons. The minimum absolute atomic E-state index is 0.0330. The van der Waals surface area contributed by atoms with Crippen molar-refractivity contribution in [3.63, 3.8) is 0 Å². The lowest BCUT2D eigenvalue weighted by Crippen LogP contribution is -2.62. The number of aliphatic imine (C=N–C) groups is 1. The third-order valence-corrected chi connectivity index (χ3v) is 10.4. The topological polar surface area (TPSA) is 438 Å².